The molecule has 2 unspecified atom stereocenters. The summed E-state index contributed by atoms with van der Waals surface area (Å²) < 4.78 is 5.16. The van der Waals surface area contributed by atoms with Gasteiger partial charge in [0, 0.05) is 18.2 Å². The van der Waals surface area contributed by atoms with Crippen molar-refractivity contribution < 1.29 is 4.74 Å². The van der Waals surface area contributed by atoms with Crippen molar-refractivity contribution in [3.05, 3.63) is 34.9 Å². The van der Waals surface area contributed by atoms with Gasteiger partial charge in [-0.15, -0.1) is 0 Å². The minimum absolute atomic E-state index is 0.0568. The van der Waals surface area contributed by atoms with E-state index in [0.29, 0.717) is 0 Å². The Balaban J connectivity index is 2.69. The molecular formula is C11H16ClNO. The third-order valence-electron chi connectivity index (χ3n) is 2.29. The van der Waals surface area contributed by atoms with Gasteiger partial charge in [0.15, 0.2) is 0 Å². The highest BCUT2D eigenvalue weighted by molar-refractivity contribution is 6.31. The number of hydrogen-bond donors (Lipinski definition) is 1. The van der Waals surface area contributed by atoms with E-state index in [9.17, 15) is 0 Å². The van der Waals surface area contributed by atoms with Crippen LogP contribution in [0.3, 0.4) is 0 Å². The Hall–Kier alpha value is -0.570. The fourth-order valence-electron chi connectivity index (χ4n) is 1.36. The second-order valence-corrected chi connectivity index (χ2v) is 3.82. The molecule has 1 rings (SSSR count). The molecule has 0 saturated carbocycles. The predicted octanol–water partition coefficient (Wildman–Crippen LogP) is 2.76. The Morgan fingerprint density at radius 3 is 2.64 bits per heavy atom. The van der Waals surface area contributed by atoms with Gasteiger partial charge in [0.05, 0.1) is 6.10 Å². The van der Waals surface area contributed by atoms with Crippen LogP contribution < -0.4 is 5.73 Å². The molecule has 0 saturated heterocycles. The van der Waals surface area contributed by atoms with E-state index in [1.165, 1.54) is 0 Å². The van der Waals surface area contributed by atoms with Crippen molar-refractivity contribution in [2.24, 2.45) is 5.73 Å². The van der Waals surface area contributed by atoms with Crippen molar-refractivity contribution >= 4 is 11.6 Å². The highest BCUT2D eigenvalue weighted by Crippen LogP contribution is 2.24. The molecule has 0 aliphatic carbocycles. The Morgan fingerprint density at radius 1 is 1.43 bits per heavy atom. The number of nitrogens with two attached hydrogens (primary N) is 1. The number of halogens is 1. The first-order valence-corrected chi connectivity index (χ1v) is 5.05. The number of hydrogen-bond acceptors (Lipinski definition) is 2. The van der Waals surface area contributed by atoms with Crippen LogP contribution in [0.2, 0.25) is 5.02 Å². The molecular weight excluding hydrogens is 198 g/mol. The van der Waals surface area contributed by atoms with Gasteiger partial charge in [0.2, 0.25) is 0 Å². The number of methoxy groups -OCH3 is 1. The van der Waals surface area contributed by atoms with Gasteiger partial charge in [-0.1, -0.05) is 29.8 Å². The van der Waals surface area contributed by atoms with E-state index in [4.69, 9.17) is 22.1 Å². The van der Waals surface area contributed by atoms with Crippen LogP contribution in [0, 0.1) is 0 Å². The van der Waals surface area contributed by atoms with Crippen LogP contribution in [0.15, 0.2) is 24.3 Å². The van der Waals surface area contributed by atoms with Crippen molar-refractivity contribution in [3.63, 3.8) is 0 Å². The molecule has 0 aliphatic rings. The Bertz CT molecular complexity index is 290. The molecule has 78 valence electrons. The summed E-state index contributed by atoms with van der Waals surface area (Å²) >= 11 is 6.02. The zero-order valence-electron chi connectivity index (χ0n) is 8.53. The average Bonchev–Trinajstić information content (AvgIpc) is 2.18. The van der Waals surface area contributed by atoms with Crippen LogP contribution in [-0.2, 0) is 4.74 Å². The molecule has 0 amide bonds. The van der Waals surface area contributed by atoms with Crippen LogP contribution in [0.25, 0.3) is 0 Å². The third-order valence-corrected chi connectivity index (χ3v) is 2.64. The topological polar surface area (TPSA) is 35.2 Å². The molecule has 0 fully saturated rings. The maximum atomic E-state index is 6.02. The van der Waals surface area contributed by atoms with Gasteiger partial charge in [-0.25, -0.2) is 0 Å². The molecule has 1 aromatic rings. The Kier molecular flexibility index (Phi) is 4.39. The molecule has 0 heterocycles. The van der Waals surface area contributed by atoms with Crippen molar-refractivity contribution in [1.29, 1.82) is 0 Å². The molecule has 1 aromatic carbocycles. The van der Waals surface area contributed by atoms with Crippen molar-refractivity contribution in [3.8, 4) is 0 Å². The van der Waals surface area contributed by atoms with Crippen LogP contribution in [-0.4, -0.2) is 13.2 Å². The fraction of sp³-hybridized carbons (Fsp3) is 0.455. The van der Waals surface area contributed by atoms with Gasteiger partial charge in [0.1, 0.15) is 0 Å². The molecule has 0 radical (unpaired) electrons. The van der Waals surface area contributed by atoms with Crippen molar-refractivity contribution in [2.75, 3.05) is 7.11 Å². The summed E-state index contributed by atoms with van der Waals surface area (Å²) in [6.07, 6.45) is 0.932. The maximum Gasteiger partial charge on any atom is 0.0561 e. The molecule has 0 spiro atoms. The molecule has 0 bridgehead atoms. The van der Waals surface area contributed by atoms with Crippen molar-refractivity contribution in [1.82, 2.24) is 0 Å². The second-order valence-electron chi connectivity index (χ2n) is 3.41. The smallest absolute Gasteiger partial charge is 0.0561 e. The normalized spacial score (nSPS) is 15.1. The minimum atomic E-state index is -0.0568. The monoisotopic (exact) mass is 213 g/mol. The van der Waals surface area contributed by atoms with Crippen LogP contribution in [0.5, 0.6) is 0 Å². The molecule has 14 heavy (non-hydrogen) atoms. The molecule has 3 heteroatoms. The number of benzene rings is 1. The van der Waals surface area contributed by atoms with E-state index < -0.39 is 0 Å². The van der Waals surface area contributed by atoms with Gasteiger partial charge in [-0.05, 0) is 25.0 Å². The second kappa shape index (κ2) is 5.35. The van der Waals surface area contributed by atoms with E-state index in [-0.39, 0.29) is 12.1 Å². The first-order chi connectivity index (χ1) is 6.65. The summed E-state index contributed by atoms with van der Waals surface area (Å²) in [5.41, 5.74) is 6.99. The van der Waals surface area contributed by atoms with Gasteiger partial charge >= 0.3 is 0 Å². The van der Waals surface area contributed by atoms with Gasteiger partial charge in [0.25, 0.3) is 0 Å². The van der Waals surface area contributed by atoms with E-state index in [2.05, 4.69) is 0 Å². The molecule has 2 N–H and O–H groups in total. The van der Waals surface area contributed by atoms with Crippen LogP contribution >= 0.6 is 11.6 Å². The number of ether oxygens (including phenoxy) is 1. The molecule has 0 aliphatic heterocycles. The molecule has 2 atom stereocenters. The summed E-state index contributed by atoms with van der Waals surface area (Å²) in [6, 6.07) is 7.60. The van der Waals surface area contributed by atoms with Crippen LogP contribution in [0.1, 0.15) is 24.9 Å². The largest absolute Gasteiger partial charge is 0.382 e. The zero-order valence-corrected chi connectivity index (χ0v) is 9.29. The predicted molar refractivity (Wildman–Crippen MR) is 59.5 cm³/mol. The lowest BCUT2D eigenvalue weighted by molar-refractivity contribution is 0.105. The van der Waals surface area contributed by atoms with Crippen LogP contribution in [0.4, 0.5) is 0 Å². The van der Waals surface area contributed by atoms with E-state index in [1.807, 2.05) is 31.2 Å². The summed E-state index contributed by atoms with van der Waals surface area (Å²) in [7, 11) is 1.68. The lowest BCUT2D eigenvalue weighted by Crippen LogP contribution is -2.18. The quantitative estimate of drug-likeness (QED) is 0.835. The first kappa shape index (κ1) is 11.5. The lowest BCUT2D eigenvalue weighted by atomic mass is 10.0. The SMILES string of the molecule is COC(C)CC(N)c1ccccc1Cl. The van der Waals surface area contributed by atoms with Crippen molar-refractivity contribution in [2.45, 2.75) is 25.5 Å². The average molecular weight is 214 g/mol. The standard InChI is InChI=1S/C11H16ClNO/c1-8(14-2)7-11(13)9-5-3-4-6-10(9)12/h3-6,8,11H,7,13H2,1-2H3. The lowest BCUT2D eigenvalue weighted by Gasteiger charge is -2.17. The molecule has 0 aromatic heterocycles. The summed E-state index contributed by atoms with van der Waals surface area (Å²) in [4.78, 5) is 0. The Labute approximate surface area is 90.0 Å². The third kappa shape index (κ3) is 2.98. The maximum absolute atomic E-state index is 6.02. The summed E-state index contributed by atoms with van der Waals surface area (Å²) in [5, 5.41) is 0.725. The van der Waals surface area contributed by atoms with Gasteiger partial charge < -0.3 is 10.5 Å². The molecule has 2 nitrogen and oxygen atoms in total. The van der Waals surface area contributed by atoms with Gasteiger partial charge in [-0.2, -0.15) is 0 Å². The minimum Gasteiger partial charge on any atom is -0.382 e. The highest BCUT2D eigenvalue weighted by atomic mass is 35.5. The zero-order chi connectivity index (χ0) is 10.6. The summed E-state index contributed by atoms with van der Waals surface area (Å²) in [5.74, 6) is 0. The fourth-order valence-corrected chi connectivity index (χ4v) is 1.63. The summed E-state index contributed by atoms with van der Waals surface area (Å²) in [6.45, 7) is 2.00. The van der Waals surface area contributed by atoms with Gasteiger partial charge in [-0.3, -0.25) is 0 Å². The number of rotatable bonds is 4. The first-order valence-electron chi connectivity index (χ1n) is 4.68. The van der Waals surface area contributed by atoms with E-state index in [0.717, 1.165) is 17.0 Å². The highest BCUT2D eigenvalue weighted by Gasteiger charge is 2.12. The van der Waals surface area contributed by atoms with E-state index in [1.54, 1.807) is 7.11 Å². The van der Waals surface area contributed by atoms with E-state index >= 15 is 0 Å². The Morgan fingerprint density at radius 2 is 2.07 bits per heavy atom.